The van der Waals surface area contributed by atoms with E-state index in [0.717, 1.165) is 5.56 Å². The Kier molecular flexibility index (Phi) is 5.95. The number of nitrogens with zero attached hydrogens (tertiary/aromatic N) is 2. The van der Waals surface area contributed by atoms with E-state index in [1.54, 1.807) is 6.20 Å². The van der Waals surface area contributed by atoms with E-state index >= 15 is 0 Å². The SMILES string of the molecule is CC(C)Oc1ncccc1CNCC(=O)N1CCOCC1. The van der Waals surface area contributed by atoms with Crippen molar-refractivity contribution in [3.05, 3.63) is 23.9 Å². The number of carbonyl (C=O) groups excluding carboxylic acids is 1. The third-order valence-electron chi connectivity index (χ3n) is 3.15. The zero-order valence-electron chi connectivity index (χ0n) is 12.7. The summed E-state index contributed by atoms with van der Waals surface area (Å²) in [6, 6.07) is 3.82. The highest BCUT2D eigenvalue weighted by Crippen LogP contribution is 2.15. The van der Waals surface area contributed by atoms with Gasteiger partial charge in [0, 0.05) is 31.4 Å². The number of amides is 1. The number of aromatic nitrogens is 1. The zero-order valence-corrected chi connectivity index (χ0v) is 12.7. The number of carbonyl (C=O) groups is 1. The molecule has 0 spiro atoms. The number of rotatable bonds is 6. The van der Waals surface area contributed by atoms with E-state index in [1.165, 1.54) is 0 Å². The molecule has 1 aromatic rings. The second kappa shape index (κ2) is 7.95. The van der Waals surface area contributed by atoms with Crippen LogP contribution in [0.4, 0.5) is 0 Å². The van der Waals surface area contributed by atoms with Crippen LogP contribution >= 0.6 is 0 Å². The van der Waals surface area contributed by atoms with Gasteiger partial charge in [-0.3, -0.25) is 4.79 Å². The van der Waals surface area contributed by atoms with Gasteiger partial charge < -0.3 is 19.7 Å². The Balaban J connectivity index is 1.81. The number of ether oxygens (including phenoxy) is 2. The fraction of sp³-hybridized carbons (Fsp3) is 0.600. The summed E-state index contributed by atoms with van der Waals surface area (Å²) < 4.78 is 10.9. The second-order valence-electron chi connectivity index (χ2n) is 5.23. The lowest BCUT2D eigenvalue weighted by molar-refractivity contribution is -0.134. The van der Waals surface area contributed by atoms with Crippen molar-refractivity contribution in [3.63, 3.8) is 0 Å². The molecule has 1 aliphatic rings. The van der Waals surface area contributed by atoms with Gasteiger partial charge >= 0.3 is 0 Å². The molecule has 0 unspecified atom stereocenters. The van der Waals surface area contributed by atoms with Crippen LogP contribution in [0, 0.1) is 0 Å². The molecule has 6 heteroatoms. The fourth-order valence-electron chi connectivity index (χ4n) is 2.12. The van der Waals surface area contributed by atoms with Crippen molar-refractivity contribution < 1.29 is 14.3 Å². The van der Waals surface area contributed by atoms with Gasteiger partial charge in [-0.05, 0) is 19.9 Å². The Morgan fingerprint density at radius 3 is 2.95 bits per heavy atom. The lowest BCUT2D eigenvalue weighted by atomic mass is 10.2. The molecule has 6 nitrogen and oxygen atoms in total. The molecule has 1 N–H and O–H groups in total. The molecule has 1 saturated heterocycles. The molecule has 0 aliphatic carbocycles. The van der Waals surface area contributed by atoms with Crippen LogP contribution in [0.1, 0.15) is 19.4 Å². The van der Waals surface area contributed by atoms with Crippen LogP contribution < -0.4 is 10.1 Å². The van der Waals surface area contributed by atoms with E-state index < -0.39 is 0 Å². The summed E-state index contributed by atoms with van der Waals surface area (Å²) in [4.78, 5) is 18.1. The first-order valence-corrected chi connectivity index (χ1v) is 7.33. The summed E-state index contributed by atoms with van der Waals surface area (Å²) in [6.07, 6.45) is 1.79. The number of nitrogens with one attached hydrogen (secondary N) is 1. The average molecular weight is 293 g/mol. The van der Waals surface area contributed by atoms with Gasteiger partial charge in [-0.1, -0.05) is 6.07 Å². The minimum Gasteiger partial charge on any atom is -0.475 e. The molecule has 2 rings (SSSR count). The van der Waals surface area contributed by atoms with E-state index in [2.05, 4.69) is 10.3 Å². The minimum absolute atomic E-state index is 0.0774. The molecule has 1 aromatic heterocycles. The first-order chi connectivity index (χ1) is 10.2. The molecule has 0 saturated carbocycles. The maximum atomic E-state index is 12.0. The predicted molar refractivity (Wildman–Crippen MR) is 79.1 cm³/mol. The van der Waals surface area contributed by atoms with Gasteiger partial charge in [0.2, 0.25) is 11.8 Å². The predicted octanol–water partition coefficient (Wildman–Crippen LogP) is 0.817. The summed E-state index contributed by atoms with van der Waals surface area (Å²) >= 11 is 0. The molecule has 2 heterocycles. The van der Waals surface area contributed by atoms with Crippen molar-refractivity contribution in [1.29, 1.82) is 0 Å². The first-order valence-electron chi connectivity index (χ1n) is 7.33. The van der Waals surface area contributed by atoms with Gasteiger partial charge in [0.15, 0.2) is 0 Å². The molecular weight excluding hydrogens is 270 g/mol. The Morgan fingerprint density at radius 2 is 2.24 bits per heavy atom. The quantitative estimate of drug-likeness (QED) is 0.841. The van der Waals surface area contributed by atoms with Crippen molar-refractivity contribution >= 4 is 5.91 Å². The molecule has 1 fully saturated rings. The Labute approximate surface area is 125 Å². The summed E-state index contributed by atoms with van der Waals surface area (Å²) in [7, 11) is 0. The third-order valence-corrected chi connectivity index (χ3v) is 3.15. The zero-order chi connectivity index (χ0) is 15.1. The maximum Gasteiger partial charge on any atom is 0.236 e. The number of morpholine rings is 1. The van der Waals surface area contributed by atoms with Gasteiger partial charge in [-0.25, -0.2) is 4.98 Å². The van der Waals surface area contributed by atoms with Gasteiger partial charge in [0.25, 0.3) is 0 Å². The van der Waals surface area contributed by atoms with Crippen molar-refractivity contribution in [1.82, 2.24) is 15.2 Å². The maximum absolute atomic E-state index is 12.0. The Morgan fingerprint density at radius 1 is 1.48 bits per heavy atom. The van der Waals surface area contributed by atoms with E-state index in [-0.39, 0.29) is 12.0 Å². The average Bonchev–Trinajstić information content (AvgIpc) is 2.49. The van der Waals surface area contributed by atoms with Crippen LogP contribution in [0.25, 0.3) is 0 Å². The van der Waals surface area contributed by atoms with Crippen molar-refractivity contribution in [2.24, 2.45) is 0 Å². The molecular formula is C15H23N3O3. The number of hydrogen-bond donors (Lipinski definition) is 1. The molecule has 0 radical (unpaired) electrons. The van der Waals surface area contributed by atoms with Crippen LogP contribution in [0.2, 0.25) is 0 Å². The lowest BCUT2D eigenvalue weighted by Gasteiger charge is -2.27. The standard InChI is InChI=1S/C15H23N3O3/c1-12(2)21-15-13(4-3-5-17-15)10-16-11-14(19)18-6-8-20-9-7-18/h3-5,12,16H,6-11H2,1-2H3. The second-order valence-corrected chi connectivity index (χ2v) is 5.23. The van der Waals surface area contributed by atoms with E-state index in [0.29, 0.717) is 45.3 Å². The monoisotopic (exact) mass is 293 g/mol. The van der Waals surface area contributed by atoms with Crippen molar-refractivity contribution in [3.8, 4) is 5.88 Å². The fourth-order valence-corrected chi connectivity index (χ4v) is 2.12. The summed E-state index contributed by atoms with van der Waals surface area (Å²) in [6.45, 7) is 7.41. The molecule has 21 heavy (non-hydrogen) atoms. The highest BCUT2D eigenvalue weighted by Gasteiger charge is 2.16. The summed E-state index contributed by atoms with van der Waals surface area (Å²) in [5, 5.41) is 3.16. The van der Waals surface area contributed by atoms with Gasteiger partial charge in [0.05, 0.1) is 25.9 Å². The molecule has 1 amide bonds. The molecule has 116 valence electrons. The van der Waals surface area contributed by atoms with Crippen LogP contribution in [0.5, 0.6) is 5.88 Å². The van der Waals surface area contributed by atoms with Crippen LogP contribution in [-0.2, 0) is 16.1 Å². The first kappa shape index (κ1) is 15.7. The number of pyridine rings is 1. The third kappa shape index (κ3) is 4.99. The minimum atomic E-state index is 0.0774. The summed E-state index contributed by atoms with van der Waals surface area (Å²) in [5.74, 6) is 0.729. The number of hydrogen-bond acceptors (Lipinski definition) is 5. The molecule has 1 aliphatic heterocycles. The van der Waals surface area contributed by atoms with Gasteiger partial charge in [0.1, 0.15) is 0 Å². The lowest BCUT2D eigenvalue weighted by Crippen LogP contribution is -2.44. The van der Waals surface area contributed by atoms with Gasteiger partial charge in [-0.15, -0.1) is 0 Å². The van der Waals surface area contributed by atoms with Gasteiger partial charge in [-0.2, -0.15) is 0 Å². The van der Waals surface area contributed by atoms with E-state index in [1.807, 2.05) is 30.9 Å². The van der Waals surface area contributed by atoms with E-state index in [9.17, 15) is 4.79 Å². The highest BCUT2D eigenvalue weighted by molar-refractivity contribution is 5.78. The Hall–Kier alpha value is -1.66. The summed E-state index contributed by atoms with van der Waals surface area (Å²) in [5.41, 5.74) is 0.959. The molecule has 0 aromatic carbocycles. The smallest absolute Gasteiger partial charge is 0.236 e. The Bertz CT molecular complexity index is 459. The highest BCUT2D eigenvalue weighted by atomic mass is 16.5. The van der Waals surface area contributed by atoms with E-state index in [4.69, 9.17) is 9.47 Å². The van der Waals surface area contributed by atoms with Crippen LogP contribution in [0.3, 0.4) is 0 Å². The molecule has 0 bridgehead atoms. The molecule has 0 atom stereocenters. The van der Waals surface area contributed by atoms with Crippen LogP contribution in [-0.4, -0.2) is 54.7 Å². The topological polar surface area (TPSA) is 63.7 Å². The normalized spacial score (nSPS) is 15.3. The largest absolute Gasteiger partial charge is 0.475 e. The van der Waals surface area contributed by atoms with Crippen molar-refractivity contribution in [2.45, 2.75) is 26.5 Å². The van der Waals surface area contributed by atoms with Crippen molar-refractivity contribution in [2.75, 3.05) is 32.8 Å². The van der Waals surface area contributed by atoms with Crippen LogP contribution in [0.15, 0.2) is 18.3 Å².